The van der Waals surface area contributed by atoms with Crippen LogP contribution in [0.2, 0.25) is 0 Å². The Morgan fingerprint density at radius 2 is 1.88 bits per heavy atom. The zero-order valence-electron chi connectivity index (χ0n) is 14.9. The number of nitrogens with one attached hydrogen (secondary N) is 2. The molecule has 0 bridgehead atoms. The molecule has 138 valence electrons. The van der Waals surface area contributed by atoms with Gasteiger partial charge in [0.25, 0.3) is 11.8 Å². The van der Waals surface area contributed by atoms with Crippen molar-refractivity contribution in [3.8, 4) is 0 Å². The van der Waals surface area contributed by atoms with E-state index >= 15 is 0 Å². The van der Waals surface area contributed by atoms with Gasteiger partial charge in [-0.2, -0.15) is 0 Å². The number of carbonyl (C=O) groups excluding carboxylic acids is 3. The molecule has 2 rings (SSSR count). The highest BCUT2D eigenvalue weighted by Gasteiger charge is 2.30. The van der Waals surface area contributed by atoms with Crippen LogP contribution in [-0.4, -0.2) is 36.0 Å². The van der Waals surface area contributed by atoms with E-state index in [1.807, 2.05) is 0 Å². The van der Waals surface area contributed by atoms with Crippen LogP contribution >= 0.6 is 0 Å². The third-order valence-corrected chi connectivity index (χ3v) is 4.32. The first kappa shape index (κ1) is 19.0. The molecule has 2 amide bonds. The third-order valence-electron chi connectivity index (χ3n) is 4.32. The van der Waals surface area contributed by atoms with Gasteiger partial charge in [0.05, 0.1) is 6.26 Å². The largest absolute Gasteiger partial charge is 0.459 e. The average molecular weight is 350 g/mol. The molecule has 1 fully saturated rings. The standard InChI is InChI=1S/C18H26N2O5/c1-11(2)15(20-17(22)14-9-6-10-24-14)18(23)25-12(3)16(21)19-13-7-4-5-8-13/h6,9-13,15H,4-5,7-8H2,1-3H3,(H,19,21)(H,20,22)/t12-,15+/m1/s1. The topological polar surface area (TPSA) is 97.6 Å². The molecule has 0 radical (unpaired) electrons. The minimum Gasteiger partial charge on any atom is -0.459 e. The van der Waals surface area contributed by atoms with Gasteiger partial charge in [-0.05, 0) is 37.8 Å². The Morgan fingerprint density at radius 1 is 1.20 bits per heavy atom. The number of ether oxygens (including phenoxy) is 1. The lowest BCUT2D eigenvalue weighted by Gasteiger charge is -2.23. The minimum atomic E-state index is -0.908. The summed E-state index contributed by atoms with van der Waals surface area (Å²) in [5, 5.41) is 5.49. The number of hydrogen-bond donors (Lipinski definition) is 2. The summed E-state index contributed by atoms with van der Waals surface area (Å²) in [6, 6.07) is 2.40. The first-order valence-corrected chi connectivity index (χ1v) is 8.73. The molecule has 7 nitrogen and oxygen atoms in total. The summed E-state index contributed by atoms with van der Waals surface area (Å²) in [6.07, 6.45) is 4.60. The van der Waals surface area contributed by atoms with Crippen LogP contribution in [0.1, 0.15) is 57.0 Å². The van der Waals surface area contributed by atoms with E-state index < -0.39 is 24.0 Å². The molecule has 0 unspecified atom stereocenters. The fraction of sp³-hybridized carbons (Fsp3) is 0.611. The van der Waals surface area contributed by atoms with Crippen LogP contribution in [-0.2, 0) is 14.3 Å². The Balaban J connectivity index is 1.90. The summed E-state index contributed by atoms with van der Waals surface area (Å²) >= 11 is 0. The SMILES string of the molecule is CC(C)[C@H](NC(=O)c1ccco1)C(=O)O[C@H](C)C(=O)NC1CCCC1. The van der Waals surface area contributed by atoms with Gasteiger partial charge in [0.15, 0.2) is 11.9 Å². The molecule has 1 aliphatic carbocycles. The molecule has 1 saturated carbocycles. The summed E-state index contributed by atoms with van der Waals surface area (Å²) in [5.74, 6) is -1.52. The van der Waals surface area contributed by atoms with Crippen molar-refractivity contribution in [2.45, 2.75) is 64.6 Å². The van der Waals surface area contributed by atoms with Gasteiger partial charge in [-0.25, -0.2) is 4.79 Å². The second-order valence-corrected chi connectivity index (χ2v) is 6.74. The molecule has 0 aliphatic heterocycles. The van der Waals surface area contributed by atoms with E-state index in [0.717, 1.165) is 25.7 Å². The summed E-state index contributed by atoms with van der Waals surface area (Å²) < 4.78 is 10.3. The van der Waals surface area contributed by atoms with Crippen LogP contribution in [0.3, 0.4) is 0 Å². The van der Waals surface area contributed by atoms with E-state index in [2.05, 4.69) is 10.6 Å². The van der Waals surface area contributed by atoms with Gasteiger partial charge in [0, 0.05) is 6.04 Å². The first-order chi connectivity index (χ1) is 11.9. The quantitative estimate of drug-likeness (QED) is 0.733. The molecule has 25 heavy (non-hydrogen) atoms. The van der Waals surface area contributed by atoms with Crippen LogP contribution in [0.25, 0.3) is 0 Å². The predicted molar refractivity (Wildman–Crippen MR) is 90.8 cm³/mol. The average Bonchev–Trinajstić information content (AvgIpc) is 3.25. The fourth-order valence-electron chi connectivity index (χ4n) is 2.81. The van der Waals surface area contributed by atoms with Gasteiger partial charge in [0.2, 0.25) is 0 Å². The van der Waals surface area contributed by atoms with Crippen LogP contribution in [0, 0.1) is 5.92 Å². The normalized spacial score (nSPS) is 17.1. The number of furan rings is 1. The molecule has 1 aromatic heterocycles. The lowest BCUT2D eigenvalue weighted by atomic mass is 10.0. The van der Waals surface area contributed by atoms with E-state index in [1.54, 1.807) is 19.9 Å². The van der Waals surface area contributed by atoms with Crippen LogP contribution in [0.15, 0.2) is 22.8 Å². The van der Waals surface area contributed by atoms with E-state index in [9.17, 15) is 14.4 Å². The Labute approximate surface area is 147 Å². The molecular weight excluding hydrogens is 324 g/mol. The molecule has 0 saturated heterocycles. The molecule has 0 spiro atoms. The fourth-order valence-corrected chi connectivity index (χ4v) is 2.81. The smallest absolute Gasteiger partial charge is 0.329 e. The highest BCUT2D eigenvalue weighted by Crippen LogP contribution is 2.18. The van der Waals surface area contributed by atoms with Gasteiger partial charge in [0.1, 0.15) is 6.04 Å². The molecule has 0 aromatic carbocycles. The highest BCUT2D eigenvalue weighted by molar-refractivity contribution is 5.95. The number of amides is 2. The first-order valence-electron chi connectivity index (χ1n) is 8.73. The Hall–Kier alpha value is -2.31. The lowest BCUT2D eigenvalue weighted by Crippen LogP contribution is -2.48. The zero-order chi connectivity index (χ0) is 18.4. The van der Waals surface area contributed by atoms with Crippen molar-refractivity contribution in [3.05, 3.63) is 24.2 Å². The molecule has 1 aromatic rings. The van der Waals surface area contributed by atoms with E-state index in [-0.39, 0.29) is 23.6 Å². The lowest BCUT2D eigenvalue weighted by molar-refractivity contribution is -0.157. The molecular formula is C18H26N2O5. The van der Waals surface area contributed by atoms with Crippen molar-refractivity contribution in [2.24, 2.45) is 5.92 Å². The summed E-state index contributed by atoms with van der Waals surface area (Å²) in [7, 11) is 0. The van der Waals surface area contributed by atoms with Crippen molar-refractivity contribution in [3.63, 3.8) is 0 Å². The highest BCUT2D eigenvalue weighted by atomic mass is 16.5. The number of esters is 1. The van der Waals surface area contributed by atoms with Crippen molar-refractivity contribution in [1.82, 2.24) is 10.6 Å². The molecule has 2 N–H and O–H groups in total. The van der Waals surface area contributed by atoms with Gasteiger partial charge in [-0.3, -0.25) is 9.59 Å². The number of carbonyl (C=O) groups is 3. The van der Waals surface area contributed by atoms with Crippen LogP contribution < -0.4 is 10.6 Å². The number of rotatable bonds is 7. The summed E-state index contributed by atoms with van der Waals surface area (Å²) in [4.78, 5) is 36.6. The van der Waals surface area contributed by atoms with Gasteiger partial charge < -0.3 is 19.8 Å². The molecule has 1 aliphatic rings. The van der Waals surface area contributed by atoms with E-state index in [1.165, 1.54) is 19.3 Å². The minimum absolute atomic E-state index is 0.116. The van der Waals surface area contributed by atoms with Crippen molar-refractivity contribution >= 4 is 17.8 Å². The predicted octanol–water partition coefficient (Wildman–Crippen LogP) is 2.02. The molecule has 2 atom stereocenters. The van der Waals surface area contributed by atoms with Crippen molar-refractivity contribution in [2.75, 3.05) is 0 Å². The maximum atomic E-state index is 12.4. The maximum Gasteiger partial charge on any atom is 0.329 e. The second-order valence-electron chi connectivity index (χ2n) is 6.74. The van der Waals surface area contributed by atoms with Gasteiger partial charge in [-0.1, -0.05) is 26.7 Å². The second kappa shape index (κ2) is 8.69. The van der Waals surface area contributed by atoms with Gasteiger partial charge >= 0.3 is 5.97 Å². The molecule has 7 heteroatoms. The maximum absolute atomic E-state index is 12.4. The molecule has 1 heterocycles. The summed E-state index contributed by atoms with van der Waals surface area (Å²) in [5.41, 5.74) is 0. The van der Waals surface area contributed by atoms with E-state index in [0.29, 0.717) is 0 Å². The Bertz CT molecular complexity index is 591. The van der Waals surface area contributed by atoms with Crippen LogP contribution in [0.4, 0.5) is 0 Å². The number of hydrogen-bond acceptors (Lipinski definition) is 5. The van der Waals surface area contributed by atoms with Crippen LogP contribution in [0.5, 0.6) is 0 Å². The third kappa shape index (κ3) is 5.34. The van der Waals surface area contributed by atoms with E-state index in [4.69, 9.17) is 9.15 Å². The van der Waals surface area contributed by atoms with Gasteiger partial charge in [-0.15, -0.1) is 0 Å². The monoisotopic (exact) mass is 350 g/mol. The Kier molecular flexibility index (Phi) is 6.61. The Morgan fingerprint density at radius 3 is 2.44 bits per heavy atom. The summed E-state index contributed by atoms with van der Waals surface area (Å²) in [6.45, 7) is 5.11. The zero-order valence-corrected chi connectivity index (χ0v) is 14.9. The van der Waals surface area contributed by atoms with Crippen molar-refractivity contribution in [1.29, 1.82) is 0 Å². The van der Waals surface area contributed by atoms with Crippen molar-refractivity contribution < 1.29 is 23.5 Å².